The van der Waals surface area contributed by atoms with Crippen LogP contribution in [0.15, 0.2) is 45.2 Å². The topological polar surface area (TPSA) is 93.3 Å². The largest absolute Gasteiger partial charge is 0.369 e. The summed E-state index contributed by atoms with van der Waals surface area (Å²) in [6, 6.07) is 7.70. The number of nitrogens with one attached hydrogen (secondary N) is 3. The molecule has 0 radical (unpaired) electrons. The lowest BCUT2D eigenvalue weighted by molar-refractivity contribution is 0.874. The molecule has 0 fully saturated rings. The molecule has 2 rings (SSSR count). The van der Waals surface area contributed by atoms with Crippen LogP contribution in [0.2, 0.25) is 0 Å². The lowest BCUT2D eigenvalue weighted by Crippen LogP contribution is -2.27. The van der Waals surface area contributed by atoms with Crippen LogP contribution in [-0.4, -0.2) is 41.0 Å². The van der Waals surface area contributed by atoms with Crippen molar-refractivity contribution >= 4 is 40.8 Å². The van der Waals surface area contributed by atoms with E-state index < -0.39 is 11.2 Å². The zero-order valence-corrected chi connectivity index (χ0v) is 14.3. The number of rotatable bonds is 8. The van der Waals surface area contributed by atoms with Gasteiger partial charge in [0.2, 0.25) is 0 Å². The fourth-order valence-electron chi connectivity index (χ4n) is 2.01. The lowest BCUT2D eigenvalue weighted by Gasteiger charge is -2.22. The molecule has 0 aliphatic rings. The minimum Gasteiger partial charge on any atom is -0.369 e. The van der Waals surface area contributed by atoms with E-state index >= 15 is 0 Å². The summed E-state index contributed by atoms with van der Waals surface area (Å²) in [6.07, 6.45) is 2.83. The number of H-pyrrole nitrogens is 2. The highest BCUT2D eigenvalue weighted by Crippen LogP contribution is 2.15. The summed E-state index contributed by atoms with van der Waals surface area (Å²) < 4.78 is 0. The molecular weight excluding hydrogens is 353 g/mol. The number of hydrogen-bond acceptors (Lipinski definition) is 5. The van der Waals surface area contributed by atoms with Crippen LogP contribution in [0.25, 0.3) is 0 Å². The van der Waals surface area contributed by atoms with E-state index in [2.05, 4.69) is 25.4 Å². The molecule has 0 spiro atoms. The summed E-state index contributed by atoms with van der Waals surface area (Å²) in [6.45, 7) is 1.44. The van der Waals surface area contributed by atoms with Gasteiger partial charge in [-0.1, -0.05) is 12.1 Å². The van der Waals surface area contributed by atoms with Gasteiger partial charge in [-0.05, 0) is 17.7 Å². The van der Waals surface area contributed by atoms with E-state index in [-0.39, 0.29) is 5.69 Å². The normalized spacial score (nSPS) is 10.9. The van der Waals surface area contributed by atoms with Gasteiger partial charge in [-0.15, -0.1) is 23.2 Å². The maximum Gasteiger partial charge on any atom is 0.325 e. The summed E-state index contributed by atoms with van der Waals surface area (Å²) in [5, 5.41) is 3.98. The average Bonchev–Trinajstić information content (AvgIpc) is 2.57. The minimum atomic E-state index is -0.566. The Morgan fingerprint density at radius 1 is 1.12 bits per heavy atom. The van der Waals surface area contributed by atoms with Gasteiger partial charge < -0.3 is 9.88 Å². The van der Waals surface area contributed by atoms with Gasteiger partial charge >= 0.3 is 5.69 Å². The lowest BCUT2D eigenvalue weighted by atomic mass is 10.2. The van der Waals surface area contributed by atoms with Crippen LogP contribution in [0.3, 0.4) is 0 Å². The molecule has 0 saturated heterocycles. The first kappa shape index (κ1) is 18.1. The molecule has 0 amide bonds. The summed E-state index contributed by atoms with van der Waals surface area (Å²) in [5.41, 5.74) is 3.50. The smallest absolute Gasteiger partial charge is 0.325 e. The molecule has 0 saturated carbocycles. The summed E-state index contributed by atoms with van der Waals surface area (Å²) in [4.78, 5) is 29.0. The van der Waals surface area contributed by atoms with E-state index in [1.54, 1.807) is 6.21 Å². The molecule has 9 heteroatoms. The molecule has 1 aromatic heterocycles. The van der Waals surface area contributed by atoms with Crippen molar-refractivity contribution in [3.05, 3.63) is 56.9 Å². The van der Waals surface area contributed by atoms with E-state index in [0.717, 1.165) is 24.3 Å². The predicted molar refractivity (Wildman–Crippen MR) is 99.0 cm³/mol. The van der Waals surface area contributed by atoms with Crippen LogP contribution in [0, 0.1) is 0 Å². The Morgan fingerprint density at radius 3 is 2.38 bits per heavy atom. The molecular formula is C15H17Cl2N5O2. The maximum absolute atomic E-state index is 11.5. The molecule has 0 atom stereocenters. The van der Waals surface area contributed by atoms with Crippen molar-refractivity contribution in [1.82, 2.24) is 9.97 Å². The van der Waals surface area contributed by atoms with Crippen molar-refractivity contribution in [2.24, 2.45) is 5.10 Å². The molecule has 0 unspecified atom stereocenters. The van der Waals surface area contributed by atoms with Crippen LogP contribution in [0.4, 0.5) is 11.4 Å². The van der Waals surface area contributed by atoms with Crippen LogP contribution in [0.1, 0.15) is 5.56 Å². The Morgan fingerprint density at radius 2 is 1.79 bits per heavy atom. The molecule has 0 bridgehead atoms. The Hall–Kier alpha value is -2.25. The molecule has 128 valence electrons. The van der Waals surface area contributed by atoms with Gasteiger partial charge in [-0.3, -0.25) is 15.2 Å². The molecule has 0 aliphatic carbocycles. The van der Waals surface area contributed by atoms with Crippen molar-refractivity contribution in [2.75, 3.05) is 35.2 Å². The number of halogens is 2. The van der Waals surface area contributed by atoms with E-state index in [9.17, 15) is 9.59 Å². The second kappa shape index (κ2) is 9.14. The third-order valence-electron chi connectivity index (χ3n) is 3.19. The third-order valence-corrected chi connectivity index (χ3v) is 3.52. The van der Waals surface area contributed by atoms with Crippen molar-refractivity contribution in [3.8, 4) is 0 Å². The minimum absolute atomic E-state index is 0.151. The molecule has 3 N–H and O–H groups in total. The number of benzene rings is 1. The Labute approximate surface area is 148 Å². The van der Waals surface area contributed by atoms with Crippen LogP contribution >= 0.6 is 23.2 Å². The van der Waals surface area contributed by atoms with Gasteiger partial charge in [0.25, 0.3) is 5.56 Å². The number of alkyl halides is 2. The number of nitrogens with zero attached hydrogens (tertiary/aromatic N) is 2. The van der Waals surface area contributed by atoms with Gasteiger partial charge in [-0.2, -0.15) is 5.10 Å². The maximum atomic E-state index is 11.5. The highest BCUT2D eigenvalue weighted by Gasteiger charge is 2.04. The number of hydrazone groups is 1. The molecule has 7 nitrogen and oxygen atoms in total. The Kier molecular flexibility index (Phi) is 6.89. The van der Waals surface area contributed by atoms with Gasteiger partial charge in [0, 0.05) is 36.7 Å². The molecule has 1 heterocycles. The van der Waals surface area contributed by atoms with Crippen LogP contribution in [0.5, 0.6) is 0 Å². The molecule has 1 aromatic carbocycles. The van der Waals surface area contributed by atoms with Crippen molar-refractivity contribution in [2.45, 2.75) is 0 Å². The number of aromatic amines is 2. The van der Waals surface area contributed by atoms with Crippen molar-refractivity contribution < 1.29 is 0 Å². The fraction of sp³-hybridized carbons (Fsp3) is 0.267. The van der Waals surface area contributed by atoms with Gasteiger partial charge in [-0.25, -0.2) is 4.79 Å². The SMILES string of the molecule is O=c1[nH]cc(N/N=C\c2ccc(N(CCCl)CCCl)cc2)c(=O)[nH]1. The van der Waals surface area contributed by atoms with E-state index in [0.29, 0.717) is 11.8 Å². The van der Waals surface area contributed by atoms with E-state index in [1.807, 2.05) is 24.3 Å². The first-order chi connectivity index (χ1) is 11.6. The second-order valence-corrected chi connectivity index (χ2v) is 5.57. The monoisotopic (exact) mass is 369 g/mol. The molecule has 2 aromatic rings. The highest BCUT2D eigenvalue weighted by atomic mass is 35.5. The quantitative estimate of drug-likeness (QED) is 0.375. The number of aromatic nitrogens is 2. The predicted octanol–water partition coefficient (Wildman–Crippen LogP) is 1.79. The van der Waals surface area contributed by atoms with E-state index in [4.69, 9.17) is 23.2 Å². The number of hydrogen-bond donors (Lipinski definition) is 3. The summed E-state index contributed by atoms with van der Waals surface area (Å²) in [7, 11) is 0. The second-order valence-electron chi connectivity index (χ2n) is 4.81. The van der Waals surface area contributed by atoms with Gasteiger partial charge in [0.05, 0.1) is 6.21 Å². The molecule has 0 aliphatic heterocycles. The van der Waals surface area contributed by atoms with Crippen molar-refractivity contribution in [3.63, 3.8) is 0 Å². The van der Waals surface area contributed by atoms with Crippen LogP contribution in [-0.2, 0) is 0 Å². The number of anilines is 2. The Bertz CT molecular complexity index is 779. The molecule has 24 heavy (non-hydrogen) atoms. The summed E-state index contributed by atoms with van der Waals surface area (Å²) >= 11 is 11.6. The van der Waals surface area contributed by atoms with E-state index in [1.165, 1.54) is 6.20 Å². The van der Waals surface area contributed by atoms with Gasteiger partial charge in [0.1, 0.15) is 5.69 Å². The summed E-state index contributed by atoms with van der Waals surface area (Å²) in [5.74, 6) is 1.05. The third kappa shape index (κ3) is 5.14. The average molecular weight is 370 g/mol. The first-order valence-electron chi connectivity index (χ1n) is 7.22. The van der Waals surface area contributed by atoms with Crippen molar-refractivity contribution in [1.29, 1.82) is 0 Å². The van der Waals surface area contributed by atoms with Gasteiger partial charge in [0.15, 0.2) is 0 Å². The Balaban J connectivity index is 2.02. The van der Waals surface area contributed by atoms with Crippen LogP contribution < -0.4 is 21.6 Å². The standard InChI is InChI=1S/C15H17Cl2N5O2/c16-5-7-22(8-6-17)12-3-1-11(2-4-12)9-19-21-13-10-18-15(24)20-14(13)23/h1-4,9-10,21H,5-8H2,(H2,18,20,23,24)/b19-9-. The first-order valence-corrected chi connectivity index (χ1v) is 8.29. The zero-order chi connectivity index (χ0) is 17.4. The zero-order valence-electron chi connectivity index (χ0n) is 12.8. The fourth-order valence-corrected chi connectivity index (χ4v) is 2.42. The highest BCUT2D eigenvalue weighted by molar-refractivity contribution is 6.18.